The quantitative estimate of drug-likeness (QED) is 0.441. The van der Waals surface area contributed by atoms with E-state index in [4.69, 9.17) is 10.9 Å². The van der Waals surface area contributed by atoms with E-state index in [0.29, 0.717) is 24.1 Å². The lowest BCUT2D eigenvalue weighted by Crippen LogP contribution is -2.25. The number of ether oxygens (including phenoxy) is 1. The summed E-state index contributed by atoms with van der Waals surface area (Å²) in [6, 6.07) is 27.7. The highest BCUT2D eigenvalue weighted by Crippen LogP contribution is 2.37. The van der Waals surface area contributed by atoms with E-state index in [-0.39, 0.29) is 12.1 Å². The topological polar surface area (TPSA) is 38.8 Å². The Morgan fingerprint density at radius 2 is 1.62 bits per heavy atom. The summed E-state index contributed by atoms with van der Waals surface area (Å²) < 4.78 is 14.6. The van der Waals surface area contributed by atoms with E-state index in [9.17, 15) is 4.79 Å². The summed E-state index contributed by atoms with van der Waals surface area (Å²) in [6.07, 6.45) is -0.448. The van der Waals surface area contributed by atoms with Crippen molar-refractivity contribution in [3.05, 3.63) is 107 Å². The molecule has 0 N–H and O–H groups in total. The highest BCUT2D eigenvalue weighted by Gasteiger charge is 2.35. The van der Waals surface area contributed by atoms with Crippen molar-refractivity contribution in [1.82, 2.24) is 5.06 Å². The smallest absolute Gasteiger partial charge is 0.338 e. The van der Waals surface area contributed by atoms with E-state index in [0.717, 1.165) is 11.1 Å². The molecule has 3 aromatic carbocycles. The lowest BCUT2D eigenvalue weighted by Gasteiger charge is -2.23. The molecule has 32 heavy (non-hydrogen) atoms. The first-order valence-corrected chi connectivity index (χ1v) is 11.1. The molecule has 4 rings (SSSR count). The largest absolute Gasteiger partial charge is 0.456 e. The van der Waals surface area contributed by atoms with Gasteiger partial charge in [0.1, 0.15) is 5.60 Å². The van der Waals surface area contributed by atoms with E-state index in [1.807, 2.05) is 74.4 Å². The van der Waals surface area contributed by atoms with Crippen LogP contribution in [-0.4, -0.2) is 22.7 Å². The third-order valence-corrected chi connectivity index (χ3v) is 5.38. The van der Waals surface area contributed by atoms with Crippen LogP contribution in [-0.2, 0) is 22.5 Å². The fourth-order valence-corrected chi connectivity index (χ4v) is 3.98. The molecule has 4 heteroatoms. The van der Waals surface area contributed by atoms with Crippen molar-refractivity contribution in [2.45, 2.75) is 57.9 Å². The summed E-state index contributed by atoms with van der Waals surface area (Å²) in [5, 5.41) is 1.98. The summed E-state index contributed by atoms with van der Waals surface area (Å²) in [7, 11) is 0. The van der Waals surface area contributed by atoms with Gasteiger partial charge in [-0.2, -0.15) is 5.06 Å². The Labute approximate surface area is 192 Å². The molecule has 0 radical (unpaired) electrons. The second-order valence-electron chi connectivity index (χ2n) is 9.12. The molecule has 0 bridgehead atoms. The first kappa shape index (κ1) is 20.9. The van der Waals surface area contributed by atoms with Crippen LogP contribution in [0.25, 0.3) is 0 Å². The molecule has 0 saturated carbocycles. The van der Waals surface area contributed by atoms with E-state index < -0.39 is 18.0 Å². The number of carbonyl (C=O) groups excluding carboxylic acids is 1. The number of esters is 1. The van der Waals surface area contributed by atoms with E-state index >= 15 is 0 Å². The van der Waals surface area contributed by atoms with Crippen LogP contribution in [0.1, 0.15) is 61.7 Å². The van der Waals surface area contributed by atoms with Crippen molar-refractivity contribution in [2.24, 2.45) is 0 Å². The highest BCUT2D eigenvalue weighted by atomic mass is 16.7. The lowest BCUT2D eigenvalue weighted by atomic mass is 9.95. The summed E-state index contributed by atoms with van der Waals surface area (Å²) in [5.74, 6) is -0.408. The Morgan fingerprint density at radius 1 is 1.00 bits per heavy atom. The molecule has 166 valence electrons. The molecule has 1 fully saturated rings. The molecule has 1 heterocycles. The zero-order chi connectivity index (χ0) is 23.4. The van der Waals surface area contributed by atoms with Crippen LogP contribution >= 0.6 is 0 Å². The van der Waals surface area contributed by atoms with Crippen molar-refractivity contribution in [2.75, 3.05) is 0 Å². The maximum atomic E-state index is 12.8. The minimum Gasteiger partial charge on any atom is -0.456 e. The van der Waals surface area contributed by atoms with Crippen LogP contribution in [0, 0.1) is 0 Å². The van der Waals surface area contributed by atoms with Crippen LogP contribution in [0.3, 0.4) is 0 Å². The Bertz CT molecular complexity index is 1070. The molecule has 0 spiro atoms. The molecule has 1 aliphatic rings. The van der Waals surface area contributed by atoms with Crippen LogP contribution < -0.4 is 0 Å². The lowest BCUT2D eigenvalue weighted by molar-refractivity contribution is -0.170. The number of rotatable bonds is 6. The van der Waals surface area contributed by atoms with Crippen LogP contribution in [0.15, 0.2) is 84.9 Å². The second kappa shape index (κ2) is 9.68. The SMILES string of the molecule is [2H][C@H](c1ccccc1C(=O)OC(C)(C)C)[C@H]1C[C@@H](c2ccccc2)N(Cc2ccccc2)O1. The zero-order valence-corrected chi connectivity index (χ0v) is 18.9. The van der Waals surface area contributed by atoms with E-state index in [1.54, 1.807) is 12.1 Å². The van der Waals surface area contributed by atoms with Gasteiger partial charge in [0.15, 0.2) is 0 Å². The highest BCUT2D eigenvalue weighted by molar-refractivity contribution is 5.91. The zero-order valence-electron chi connectivity index (χ0n) is 19.9. The fourth-order valence-electron chi connectivity index (χ4n) is 3.98. The van der Waals surface area contributed by atoms with E-state index in [2.05, 4.69) is 24.3 Å². The molecule has 4 nitrogen and oxygen atoms in total. The number of hydroxylamine groups is 2. The van der Waals surface area contributed by atoms with Crippen molar-refractivity contribution in [3.8, 4) is 0 Å². The minimum absolute atomic E-state index is 0.0259. The van der Waals surface area contributed by atoms with Crippen LogP contribution in [0.4, 0.5) is 0 Å². The van der Waals surface area contributed by atoms with Gasteiger partial charge in [-0.1, -0.05) is 78.9 Å². The van der Waals surface area contributed by atoms with Gasteiger partial charge < -0.3 is 4.74 Å². The van der Waals surface area contributed by atoms with E-state index in [1.165, 1.54) is 0 Å². The fraction of sp³-hybridized carbons (Fsp3) is 0.321. The number of hydrogen-bond donors (Lipinski definition) is 0. The van der Waals surface area contributed by atoms with Gasteiger partial charge in [0.25, 0.3) is 0 Å². The van der Waals surface area contributed by atoms with Gasteiger partial charge in [0, 0.05) is 14.3 Å². The number of benzene rings is 3. The molecule has 3 atom stereocenters. The molecular formula is C28H31NO3. The molecule has 0 aromatic heterocycles. The third-order valence-electron chi connectivity index (χ3n) is 5.38. The number of hydrogen-bond acceptors (Lipinski definition) is 4. The maximum Gasteiger partial charge on any atom is 0.338 e. The Hall–Kier alpha value is -2.95. The van der Waals surface area contributed by atoms with Gasteiger partial charge in [-0.25, -0.2) is 4.79 Å². The third kappa shape index (κ3) is 5.64. The molecule has 0 aliphatic carbocycles. The Kier molecular flexibility index (Phi) is 6.33. The molecule has 0 unspecified atom stereocenters. The van der Waals surface area contributed by atoms with Crippen molar-refractivity contribution in [3.63, 3.8) is 0 Å². The summed E-state index contributed by atoms with van der Waals surface area (Å²) in [5.41, 5.74) is 2.76. The summed E-state index contributed by atoms with van der Waals surface area (Å²) in [6.45, 7) is 6.16. The van der Waals surface area contributed by atoms with Gasteiger partial charge in [-0.05, 0) is 49.9 Å². The van der Waals surface area contributed by atoms with Crippen molar-refractivity contribution >= 4 is 5.97 Å². The standard InChI is InChI=1S/C28H31NO3/c1-28(2,3)31-27(30)25-17-11-10-16-23(25)18-24-19-26(22-14-8-5-9-15-22)29(32-24)20-21-12-6-4-7-13-21/h4-17,24,26H,18-20H2,1-3H3/t24-,26-/m0/s1/i18D/t18-,24+,26+/m1. The molecule has 1 saturated heterocycles. The first-order chi connectivity index (χ1) is 15.8. The van der Waals surface area contributed by atoms with Gasteiger partial charge in [0.2, 0.25) is 0 Å². The summed E-state index contributed by atoms with van der Waals surface area (Å²) in [4.78, 5) is 19.2. The van der Waals surface area contributed by atoms with Crippen LogP contribution in [0.5, 0.6) is 0 Å². The molecular weight excluding hydrogens is 398 g/mol. The van der Waals surface area contributed by atoms with Gasteiger partial charge >= 0.3 is 5.97 Å². The molecule has 3 aromatic rings. The average Bonchev–Trinajstić information content (AvgIpc) is 3.22. The maximum absolute atomic E-state index is 12.8. The van der Waals surface area contributed by atoms with Crippen molar-refractivity contribution < 1.29 is 15.7 Å². The number of nitrogens with zero attached hydrogens (tertiary/aromatic N) is 1. The summed E-state index contributed by atoms with van der Waals surface area (Å²) >= 11 is 0. The van der Waals surface area contributed by atoms with Crippen LogP contribution in [0.2, 0.25) is 0 Å². The predicted molar refractivity (Wildman–Crippen MR) is 126 cm³/mol. The molecule has 0 amide bonds. The van der Waals surface area contributed by atoms with Gasteiger partial charge in [-0.3, -0.25) is 4.84 Å². The minimum atomic E-state index is -0.722. The van der Waals surface area contributed by atoms with Gasteiger partial charge in [-0.15, -0.1) is 0 Å². The Morgan fingerprint density at radius 3 is 2.31 bits per heavy atom. The normalized spacial score (nSPS) is 20.5. The molecule has 1 aliphatic heterocycles. The number of carbonyl (C=O) groups is 1. The second-order valence-corrected chi connectivity index (χ2v) is 9.12. The first-order valence-electron chi connectivity index (χ1n) is 11.7. The van der Waals surface area contributed by atoms with Crippen molar-refractivity contribution in [1.29, 1.82) is 0 Å². The monoisotopic (exact) mass is 430 g/mol. The Balaban J connectivity index is 1.60. The van der Waals surface area contributed by atoms with Gasteiger partial charge in [0.05, 0.1) is 17.7 Å². The predicted octanol–water partition coefficient (Wildman–Crippen LogP) is 6.13. The average molecular weight is 431 g/mol.